The van der Waals surface area contributed by atoms with Gasteiger partial charge in [-0.15, -0.1) is 0 Å². The maximum atomic E-state index is 10.9. The molecule has 2 atom stereocenters. The molecule has 1 saturated heterocycles. The van der Waals surface area contributed by atoms with Crippen LogP contribution in [0.4, 0.5) is 0 Å². The van der Waals surface area contributed by atoms with Gasteiger partial charge in [0.05, 0.1) is 18.2 Å². The van der Waals surface area contributed by atoms with Crippen LogP contribution in [0.25, 0.3) is 0 Å². The van der Waals surface area contributed by atoms with Crippen molar-refractivity contribution in [3.8, 4) is 0 Å². The van der Waals surface area contributed by atoms with Crippen LogP contribution < -0.4 is 0 Å². The Morgan fingerprint density at radius 1 is 1.53 bits per heavy atom. The molecule has 1 aliphatic rings. The lowest BCUT2D eigenvalue weighted by atomic mass is 10.0. The largest absolute Gasteiger partial charge is 0.299 e. The van der Waals surface area contributed by atoms with Crippen molar-refractivity contribution in [2.24, 2.45) is 7.05 Å². The second-order valence-electron chi connectivity index (χ2n) is 4.09. The van der Waals surface area contributed by atoms with Gasteiger partial charge in [-0.05, 0) is 13.1 Å². The number of nitro groups is 1. The molecule has 1 aromatic heterocycles. The van der Waals surface area contributed by atoms with E-state index in [1.165, 1.54) is 0 Å². The first-order valence-electron chi connectivity index (χ1n) is 4.89. The molecule has 6 nitrogen and oxygen atoms in total. The van der Waals surface area contributed by atoms with Crippen molar-refractivity contribution in [2.75, 3.05) is 20.1 Å². The highest BCUT2D eigenvalue weighted by molar-refractivity contribution is 5.12. The van der Waals surface area contributed by atoms with E-state index in [-0.39, 0.29) is 10.8 Å². The van der Waals surface area contributed by atoms with Gasteiger partial charge in [0.2, 0.25) is 6.04 Å². The summed E-state index contributed by atoms with van der Waals surface area (Å²) in [6.07, 6.45) is 1.82. The first-order valence-corrected chi connectivity index (χ1v) is 4.89. The molecule has 0 amide bonds. The molecule has 6 heteroatoms. The van der Waals surface area contributed by atoms with Crippen LogP contribution in [-0.4, -0.2) is 45.8 Å². The highest BCUT2D eigenvalue weighted by atomic mass is 16.6. The van der Waals surface area contributed by atoms with Gasteiger partial charge in [0.25, 0.3) is 0 Å². The second kappa shape index (κ2) is 3.62. The van der Waals surface area contributed by atoms with Crippen LogP contribution in [0.15, 0.2) is 12.3 Å². The number of nitrogens with zero attached hydrogens (tertiary/aromatic N) is 4. The van der Waals surface area contributed by atoms with Crippen LogP contribution in [-0.2, 0) is 7.05 Å². The molecule has 82 valence electrons. The standard InChI is InChI=1S/C9H14N4O2/c1-11-5-7(9(6-11)13(14)15)8-3-4-12(2)10-8/h3-4,7,9H,5-6H2,1-2H3/t7-,9+/m1/s1. The van der Waals surface area contributed by atoms with Gasteiger partial charge in [0, 0.05) is 24.7 Å². The van der Waals surface area contributed by atoms with Crippen LogP contribution in [0.1, 0.15) is 11.6 Å². The number of hydrogen-bond acceptors (Lipinski definition) is 4. The van der Waals surface area contributed by atoms with E-state index < -0.39 is 6.04 Å². The summed E-state index contributed by atoms with van der Waals surface area (Å²) in [5, 5.41) is 15.1. The number of aromatic nitrogens is 2. The molecule has 15 heavy (non-hydrogen) atoms. The molecule has 0 unspecified atom stereocenters. The fourth-order valence-corrected chi connectivity index (χ4v) is 2.11. The highest BCUT2D eigenvalue weighted by Crippen LogP contribution is 2.27. The van der Waals surface area contributed by atoms with E-state index in [1.807, 2.05) is 31.3 Å². The summed E-state index contributed by atoms with van der Waals surface area (Å²) in [6.45, 7) is 1.22. The van der Waals surface area contributed by atoms with Crippen molar-refractivity contribution < 1.29 is 4.92 Å². The predicted octanol–water partition coefficient (Wildman–Crippen LogP) is 0.0944. The van der Waals surface area contributed by atoms with Crippen LogP contribution in [0.3, 0.4) is 0 Å². The molecule has 1 fully saturated rings. The summed E-state index contributed by atoms with van der Waals surface area (Å²) in [4.78, 5) is 12.7. The second-order valence-corrected chi connectivity index (χ2v) is 4.09. The van der Waals surface area contributed by atoms with Crippen molar-refractivity contribution in [3.05, 3.63) is 28.1 Å². The molecule has 0 radical (unpaired) electrons. The zero-order valence-corrected chi connectivity index (χ0v) is 8.83. The van der Waals surface area contributed by atoms with Crippen LogP contribution in [0, 0.1) is 10.1 Å². The minimum absolute atomic E-state index is 0.0776. The Bertz CT molecular complexity index is 376. The maximum absolute atomic E-state index is 10.9. The average molecular weight is 210 g/mol. The fourth-order valence-electron chi connectivity index (χ4n) is 2.11. The Labute approximate surface area is 87.6 Å². The molecule has 0 saturated carbocycles. The molecule has 0 bridgehead atoms. The summed E-state index contributed by atoms with van der Waals surface area (Å²) >= 11 is 0. The minimum Gasteiger partial charge on any atom is -0.299 e. The lowest BCUT2D eigenvalue weighted by Crippen LogP contribution is -2.27. The average Bonchev–Trinajstić information content (AvgIpc) is 2.71. The first-order chi connectivity index (χ1) is 7.08. The topological polar surface area (TPSA) is 64.2 Å². The van der Waals surface area contributed by atoms with E-state index in [0.717, 1.165) is 5.69 Å². The van der Waals surface area contributed by atoms with Crippen molar-refractivity contribution >= 4 is 0 Å². The number of aryl methyl sites for hydroxylation is 1. The molecular weight excluding hydrogens is 196 g/mol. The SMILES string of the molecule is CN1C[C@H](c2ccn(C)n2)[C@@H]([N+](=O)[O-])C1. The molecule has 1 aromatic rings. The summed E-state index contributed by atoms with van der Waals surface area (Å²) in [5.41, 5.74) is 0.823. The fraction of sp³-hybridized carbons (Fsp3) is 0.667. The number of likely N-dealkylation sites (N-methyl/N-ethyl adjacent to an activating group) is 1. The van der Waals surface area contributed by atoms with Gasteiger partial charge >= 0.3 is 0 Å². The van der Waals surface area contributed by atoms with Gasteiger partial charge < -0.3 is 0 Å². The summed E-state index contributed by atoms with van der Waals surface area (Å²) < 4.78 is 1.69. The highest BCUT2D eigenvalue weighted by Gasteiger charge is 2.41. The van der Waals surface area contributed by atoms with Gasteiger partial charge in [0.15, 0.2) is 0 Å². The van der Waals surface area contributed by atoms with E-state index in [0.29, 0.717) is 13.1 Å². The van der Waals surface area contributed by atoms with Gasteiger partial charge in [-0.25, -0.2) is 0 Å². The number of rotatable bonds is 2. The normalized spacial score (nSPS) is 27.1. The molecule has 0 aromatic carbocycles. The smallest absolute Gasteiger partial charge is 0.235 e. The maximum Gasteiger partial charge on any atom is 0.235 e. The van der Waals surface area contributed by atoms with Gasteiger partial charge in [-0.1, -0.05) is 0 Å². The monoisotopic (exact) mass is 210 g/mol. The lowest BCUT2D eigenvalue weighted by Gasteiger charge is -2.08. The van der Waals surface area contributed by atoms with E-state index in [4.69, 9.17) is 0 Å². The quantitative estimate of drug-likeness (QED) is 0.513. The number of hydrogen-bond donors (Lipinski definition) is 0. The van der Waals surface area contributed by atoms with Crippen molar-refractivity contribution in [3.63, 3.8) is 0 Å². The molecule has 0 aliphatic carbocycles. The summed E-state index contributed by atoms with van der Waals surface area (Å²) in [5.74, 6) is -0.0776. The summed E-state index contributed by atoms with van der Waals surface area (Å²) in [6, 6.07) is 1.34. The van der Waals surface area contributed by atoms with Crippen LogP contribution in [0.2, 0.25) is 0 Å². The molecular formula is C9H14N4O2. The van der Waals surface area contributed by atoms with Gasteiger partial charge in [-0.3, -0.25) is 19.7 Å². The zero-order valence-electron chi connectivity index (χ0n) is 8.83. The minimum atomic E-state index is -0.523. The first kappa shape index (κ1) is 10.1. The lowest BCUT2D eigenvalue weighted by molar-refractivity contribution is -0.521. The summed E-state index contributed by atoms with van der Waals surface area (Å²) in [7, 11) is 3.72. The Balaban J connectivity index is 2.24. The van der Waals surface area contributed by atoms with Gasteiger partial charge in [-0.2, -0.15) is 5.10 Å². The number of likely N-dealkylation sites (tertiary alicyclic amines) is 1. The van der Waals surface area contributed by atoms with Crippen molar-refractivity contribution in [1.82, 2.24) is 14.7 Å². The van der Waals surface area contributed by atoms with Crippen molar-refractivity contribution in [2.45, 2.75) is 12.0 Å². The molecule has 2 heterocycles. The van der Waals surface area contributed by atoms with E-state index in [1.54, 1.807) is 4.68 Å². The molecule has 2 rings (SSSR count). The predicted molar refractivity (Wildman–Crippen MR) is 54.2 cm³/mol. The molecule has 0 N–H and O–H groups in total. The Kier molecular flexibility index (Phi) is 2.44. The third-order valence-corrected chi connectivity index (χ3v) is 2.86. The zero-order chi connectivity index (χ0) is 11.0. The third kappa shape index (κ3) is 1.85. The third-order valence-electron chi connectivity index (χ3n) is 2.86. The van der Waals surface area contributed by atoms with E-state index in [9.17, 15) is 10.1 Å². The Hall–Kier alpha value is -1.43. The van der Waals surface area contributed by atoms with E-state index >= 15 is 0 Å². The molecule has 1 aliphatic heterocycles. The Morgan fingerprint density at radius 3 is 2.80 bits per heavy atom. The van der Waals surface area contributed by atoms with Gasteiger partial charge in [0.1, 0.15) is 0 Å². The van der Waals surface area contributed by atoms with Crippen molar-refractivity contribution in [1.29, 1.82) is 0 Å². The van der Waals surface area contributed by atoms with E-state index in [2.05, 4.69) is 5.10 Å². The van der Waals surface area contributed by atoms with Crippen LogP contribution >= 0.6 is 0 Å². The van der Waals surface area contributed by atoms with Crippen LogP contribution in [0.5, 0.6) is 0 Å². The molecule has 0 spiro atoms. The Morgan fingerprint density at radius 2 is 2.27 bits per heavy atom.